The lowest BCUT2D eigenvalue weighted by Gasteiger charge is -2.21. The van der Waals surface area contributed by atoms with E-state index < -0.39 is 0 Å². The van der Waals surface area contributed by atoms with Gasteiger partial charge < -0.3 is 5.32 Å². The summed E-state index contributed by atoms with van der Waals surface area (Å²) in [6.07, 6.45) is 10.4. The van der Waals surface area contributed by atoms with E-state index in [9.17, 15) is 0 Å². The van der Waals surface area contributed by atoms with Crippen molar-refractivity contribution in [3.05, 3.63) is 16.1 Å². The summed E-state index contributed by atoms with van der Waals surface area (Å²) >= 11 is 1.85. The van der Waals surface area contributed by atoms with Gasteiger partial charge in [-0.15, -0.1) is 11.3 Å². The van der Waals surface area contributed by atoms with Crippen LogP contribution in [0.15, 0.2) is 5.38 Å². The molecule has 96 valence electrons. The van der Waals surface area contributed by atoms with Gasteiger partial charge in [0.15, 0.2) is 0 Å². The fraction of sp³-hybridized carbons (Fsp3) is 0.786. The van der Waals surface area contributed by atoms with Gasteiger partial charge in [-0.2, -0.15) is 0 Å². The Hall–Kier alpha value is -0.410. The van der Waals surface area contributed by atoms with Gasteiger partial charge in [-0.1, -0.05) is 32.6 Å². The summed E-state index contributed by atoms with van der Waals surface area (Å²) in [7, 11) is 0. The molecule has 1 saturated heterocycles. The average Bonchev–Trinajstić information content (AvgIpc) is 2.85. The number of thiazole rings is 1. The number of aryl methyl sites for hydroxylation is 1. The standard InChI is InChI=1S/C14H24N2S/c1-2-3-4-5-8-12-11-17-14(16-12)13-9-6-7-10-15-13/h11,13,15H,2-10H2,1H3. The van der Waals surface area contributed by atoms with Gasteiger partial charge in [0.25, 0.3) is 0 Å². The molecular weight excluding hydrogens is 228 g/mol. The number of aromatic nitrogens is 1. The Kier molecular flexibility index (Phi) is 5.46. The molecule has 1 aliphatic heterocycles. The Morgan fingerprint density at radius 3 is 3.06 bits per heavy atom. The topological polar surface area (TPSA) is 24.9 Å². The monoisotopic (exact) mass is 252 g/mol. The van der Waals surface area contributed by atoms with Crippen molar-refractivity contribution in [2.24, 2.45) is 0 Å². The number of piperidine rings is 1. The lowest BCUT2D eigenvalue weighted by Crippen LogP contribution is -2.26. The molecule has 1 aromatic heterocycles. The van der Waals surface area contributed by atoms with Crippen LogP contribution in [0, 0.1) is 0 Å². The van der Waals surface area contributed by atoms with E-state index in [1.807, 2.05) is 11.3 Å². The maximum absolute atomic E-state index is 4.79. The number of nitrogens with one attached hydrogen (secondary N) is 1. The van der Waals surface area contributed by atoms with Crippen molar-refractivity contribution in [2.45, 2.75) is 64.3 Å². The Morgan fingerprint density at radius 1 is 1.35 bits per heavy atom. The first-order valence-electron chi connectivity index (χ1n) is 7.08. The van der Waals surface area contributed by atoms with Crippen molar-refractivity contribution in [1.29, 1.82) is 0 Å². The maximum Gasteiger partial charge on any atom is 0.110 e. The third kappa shape index (κ3) is 4.07. The van der Waals surface area contributed by atoms with Crippen LogP contribution in [0.3, 0.4) is 0 Å². The normalized spacial score (nSPS) is 20.6. The first kappa shape index (κ1) is 13.0. The molecule has 1 atom stereocenters. The summed E-state index contributed by atoms with van der Waals surface area (Å²) in [5, 5.41) is 7.15. The molecule has 1 N–H and O–H groups in total. The van der Waals surface area contributed by atoms with Gasteiger partial charge in [0.05, 0.1) is 11.7 Å². The molecule has 3 heteroatoms. The van der Waals surface area contributed by atoms with Gasteiger partial charge in [0.1, 0.15) is 5.01 Å². The first-order chi connectivity index (χ1) is 8.40. The zero-order valence-electron chi connectivity index (χ0n) is 10.9. The van der Waals surface area contributed by atoms with Crippen LogP contribution in [0.4, 0.5) is 0 Å². The van der Waals surface area contributed by atoms with Crippen LogP contribution < -0.4 is 5.32 Å². The summed E-state index contributed by atoms with van der Waals surface area (Å²) in [6, 6.07) is 0.540. The van der Waals surface area contributed by atoms with Crippen molar-refractivity contribution in [2.75, 3.05) is 6.54 Å². The van der Waals surface area contributed by atoms with E-state index in [2.05, 4.69) is 17.6 Å². The second kappa shape index (κ2) is 7.12. The van der Waals surface area contributed by atoms with E-state index in [0.717, 1.165) is 6.54 Å². The van der Waals surface area contributed by atoms with Crippen LogP contribution in [0.2, 0.25) is 0 Å². The van der Waals surface area contributed by atoms with Crippen molar-refractivity contribution >= 4 is 11.3 Å². The first-order valence-corrected chi connectivity index (χ1v) is 7.96. The van der Waals surface area contributed by atoms with E-state index in [0.29, 0.717) is 6.04 Å². The molecule has 2 rings (SSSR count). The molecule has 2 nitrogen and oxygen atoms in total. The predicted octanol–water partition coefficient (Wildman–Crippen LogP) is 4.08. The molecule has 0 amide bonds. The second-order valence-corrected chi connectivity index (χ2v) is 5.88. The summed E-state index contributed by atoms with van der Waals surface area (Å²) in [4.78, 5) is 4.79. The maximum atomic E-state index is 4.79. The van der Waals surface area contributed by atoms with Gasteiger partial charge in [-0.25, -0.2) is 4.98 Å². The molecule has 0 aromatic carbocycles. The van der Waals surface area contributed by atoms with Crippen molar-refractivity contribution in [3.8, 4) is 0 Å². The lowest BCUT2D eigenvalue weighted by atomic mass is 10.1. The molecular formula is C14H24N2S. The van der Waals surface area contributed by atoms with Gasteiger partial charge in [0.2, 0.25) is 0 Å². The Balaban J connectivity index is 1.78. The quantitative estimate of drug-likeness (QED) is 0.772. The summed E-state index contributed by atoms with van der Waals surface area (Å²) in [6.45, 7) is 3.42. The Labute approximate surface area is 109 Å². The highest BCUT2D eigenvalue weighted by atomic mass is 32.1. The Bertz CT molecular complexity index is 316. The second-order valence-electron chi connectivity index (χ2n) is 4.99. The molecule has 1 fully saturated rings. The van der Waals surface area contributed by atoms with Gasteiger partial charge in [-0.05, 0) is 32.2 Å². The average molecular weight is 252 g/mol. The van der Waals surface area contributed by atoms with Crippen LogP contribution in [-0.4, -0.2) is 11.5 Å². The highest BCUT2D eigenvalue weighted by Crippen LogP contribution is 2.26. The largest absolute Gasteiger partial charge is 0.308 e. The minimum Gasteiger partial charge on any atom is -0.308 e. The van der Waals surface area contributed by atoms with E-state index in [1.165, 1.54) is 62.1 Å². The number of hydrogen-bond acceptors (Lipinski definition) is 3. The fourth-order valence-electron chi connectivity index (χ4n) is 2.39. The molecule has 1 aromatic rings. The summed E-state index contributed by atoms with van der Waals surface area (Å²) in [5.41, 5.74) is 1.31. The SMILES string of the molecule is CCCCCCc1csc(C2CCCCN2)n1. The highest BCUT2D eigenvalue weighted by Gasteiger charge is 2.17. The number of rotatable bonds is 6. The van der Waals surface area contributed by atoms with Crippen molar-refractivity contribution < 1.29 is 0 Å². The lowest BCUT2D eigenvalue weighted by molar-refractivity contribution is 0.410. The van der Waals surface area contributed by atoms with E-state index in [-0.39, 0.29) is 0 Å². The zero-order chi connectivity index (χ0) is 11.9. The molecule has 0 aliphatic carbocycles. The molecule has 17 heavy (non-hydrogen) atoms. The highest BCUT2D eigenvalue weighted by molar-refractivity contribution is 7.09. The summed E-state index contributed by atoms with van der Waals surface area (Å²) in [5.74, 6) is 0. The third-order valence-electron chi connectivity index (χ3n) is 3.46. The van der Waals surface area contributed by atoms with Gasteiger partial charge in [0, 0.05) is 5.38 Å². The van der Waals surface area contributed by atoms with E-state index in [4.69, 9.17) is 4.98 Å². The molecule has 0 spiro atoms. The number of hydrogen-bond donors (Lipinski definition) is 1. The van der Waals surface area contributed by atoms with Crippen LogP contribution in [0.5, 0.6) is 0 Å². The van der Waals surface area contributed by atoms with Gasteiger partial charge >= 0.3 is 0 Å². The zero-order valence-corrected chi connectivity index (χ0v) is 11.7. The number of unbranched alkanes of at least 4 members (excludes halogenated alkanes) is 3. The molecule has 0 radical (unpaired) electrons. The van der Waals surface area contributed by atoms with Crippen LogP contribution in [-0.2, 0) is 6.42 Å². The predicted molar refractivity (Wildman–Crippen MR) is 74.6 cm³/mol. The van der Waals surface area contributed by atoms with Crippen LogP contribution in [0.25, 0.3) is 0 Å². The smallest absolute Gasteiger partial charge is 0.110 e. The molecule has 0 saturated carbocycles. The van der Waals surface area contributed by atoms with Gasteiger partial charge in [-0.3, -0.25) is 0 Å². The van der Waals surface area contributed by atoms with E-state index in [1.54, 1.807) is 0 Å². The van der Waals surface area contributed by atoms with Crippen LogP contribution in [0.1, 0.15) is 68.6 Å². The minimum atomic E-state index is 0.540. The molecule has 1 unspecified atom stereocenters. The van der Waals surface area contributed by atoms with Crippen LogP contribution >= 0.6 is 11.3 Å². The molecule has 1 aliphatic rings. The fourth-order valence-corrected chi connectivity index (χ4v) is 3.36. The molecule has 2 heterocycles. The third-order valence-corrected chi connectivity index (χ3v) is 4.47. The number of nitrogens with zero attached hydrogens (tertiary/aromatic N) is 1. The van der Waals surface area contributed by atoms with Crippen molar-refractivity contribution in [3.63, 3.8) is 0 Å². The Morgan fingerprint density at radius 2 is 2.29 bits per heavy atom. The van der Waals surface area contributed by atoms with Crippen molar-refractivity contribution in [1.82, 2.24) is 10.3 Å². The molecule has 0 bridgehead atoms. The van der Waals surface area contributed by atoms with E-state index >= 15 is 0 Å². The summed E-state index contributed by atoms with van der Waals surface area (Å²) < 4.78 is 0. The minimum absolute atomic E-state index is 0.540.